The number of carbonyl (C=O) groups excluding carboxylic acids is 2. The van der Waals surface area contributed by atoms with Crippen molar-refractivity contribution in [3.8, 4) is 0 Å². The van der Waals surface area contributed by atoms with Crippen LogP contribution in [0.2, 0.25) is 0 Å². The summed E-state index contributed by atoms with van der Waals surface area (Å²) in [6.45, 7) is 5.80. The van der Waals surface area contributed by atoms with Crippen LogP contribution in [0.5, 0.6) is 0 Å². The van der Waals surface area contributed by atoms with E-state index in [9.17, 15) is 9.59 Å². The van der Waals surface area contributed by atoms with Crippen molar-refractivity contribution < 1.29 is 14.3 Å². The summed E-state index contributed by atoms with van der Waals surface area (Å²) >= 11 is 0. The van der Waals surface area contributed by atoms with Gasteiger partial charge in [-0.05, 0) is 36.6 Å². The number of nitrogens with zero attached hydrogens (tertiary/aromatic N) is 1. The average Bonchev–Trinajstić information content (AvgIpc) is 2.87. The van der Waals surface area contributed by atoms with Crippen molar-refractivity contribution >= 4 is 18.1 Å². The summed E-state index contributed by atoms with van der Waals surface area (Å²) < 4.78 is 5.65. The van der Waals surface area contributed by atoms with E-state index < -0.39 is 11.7 Å². The molecule has 0 N–H and O–H groups in total. The van der Waals surface area contributed by atoms with Gasteiger partial charge in [0.1, 0.15) is 0 Å². The molecule has 2 amide bonds. The molecule has 1 heterocycles. The molecule has 1 atom stereocenters. The number of ether oxygens (including phenoxy) is 1. The second-order valence-corrected chi connectivity index (χ2v) is 6.58. The minimum atomic E-state index is -0.864. The minimum absolute atomic E-state index is 0.0139. The summed E-state index contributed by atoms with van der Waals surface area (Å²) in [6.07, 6.45) is 1.22. The highest BCUT2D eigenvalue weighted by Crippen LogP contribution is 2.40. The molecule has 0 spiro atoms. The van der Waals surface area contributed by atoms with E-state index in [1.807, 2.05) is 63.2 Å². The lowest BCUT2D eigenvalue weighted by atomic mass is 9.87. The first kappa shape index (κ1) is 17.0. The highest BCUT2D eigenvalue weighted by atomic mass is 16.6. The zero-order chi connectivity index (χ0) is 18.0. The topological polar surface area (TPSA) is 46.6 Å². The molecule has 1 aliphatic rings. The molecule has 1 saturated heterocycles. The molecular weight excluding hydrogens is 314 g/mol. The molecule has 1 fully saturated rings. The number of benzene rings is 2. The van der Waals surface area contributed by atoms with E-state index in [4.69, 9.17) is 4.74 Å². The van der Waals surface area contributed by atoms with Gasteiger partial charge < -0.3 is 4.74 Å². The van der Waals surface area contributed by atoms with Gasteiger partial charge in [-0.1, -0.05) is 62.4 Å². The summed E-state index contributed by atoms with van der Waals surface area (Å²) in [4.78, 5) is 26.7. The number of rotatable bonds is 3. The molecule has 0 saturated carbocycles. The third-order valence-electron chi connectivity index (χ3n) is 4.66. The van der Waals surface area contributed by atoms with Crippen molar-refractivity contribution in [3.05, 3.63) is 77.5 Å². The van der Waals surface area contributed by atoms with Gasteiger partial charge in [0.05, 0.1) is 5.70 Å². The predicted octanol–water partition coefficient (Wildman–Crippen LogP) is 4.73. The lowest BCUT2D eigenvalue weighted by Crippen LogP contribution is -2.36. The van der Waals surface area contributed by atoms with Crippen molar-refractivity contribution in [2.75, 3.05) is 0 Å². The van der Waals surface area contributed by atoms with Crippen molar-refractivity contribution in [3.63, 3.8) is 0 Å². The fraction of sp³-hybridized carbons (Fsp3) is 0.238. The van der Waals surface area contributed by atoms with Crippen LogP contribution >= 0.6 is 0 Å². The van der Waals surface area contributed by atoms with E-state index >= 15 is 0 Å². The van der Waals surface area contributed by atoms with E-state index in [-0.39, 0.29) is 11.8 Å². The summed E-state index contributed by atoms with van der Waals surface area (Å²) in [5.41, 5.74) is 1.06. The van der Waals surface area contributed by atoms with Crippen LogP contribution in [0.15, 0.2) is 66.4 Å². The second kappa shape index (κ2) is 6.55. The summed E-state index contributed by atoms with van der Waals surface area (Å²) in [5.74, 6) is -0.364. The van der Waals surface area contributed by atoms with Gasteiger partial charge in [-0.15, -0.1) is 0 Å². The normalized spacial score (nSPS) is 21.7. The molecule has 1 aliphatic heterocycles. The van der Waals surface area contributed by atoms with E-state index in [0.717, 1.165) is 10.5 Å². The standard InChI is InChI=1S/C21H21NO3/c1-15(2)21(3)18(14-16-10-6-4-7-11-16)22(20(24)25-21)19(23)17-12-8-5-9-13-17/h4-15H,1-3H3/b18-14-. The molecule has 0 radical (unpaired) electrons. The maximum absolute atomic E-state index is 13.0. The highest BCUT2D eigenvalue weighted by Gasteiger charge is 2.51. The van der Waals surface area contributed by atoms with E-state index in [2.05, 4.69) is 0 Å². The number of cyclic esters (lactones) is 1. The molecule has 1 unspecified atom stereocenters. The lowest BCUT2D eigenvalue weighted by Gasteiger charge is -2.28. The third-order valence-corrected chi connectivity index (χ3v) is 4.66. The van der Waals surface area contributed by atoms with E-state index in [1.54, 1.807) is 24.3 Å². The summed E-state index contributed by atoms with van der Waals surface area (Å²) in [7, 11) is 0. The van der Waals surface area contributed by atoms with Crippen LogP contribution in [0.1, 0.15) is 36.7 Å². The predicted molar refractivity (Wildman–Crippen MR) is 96.8 cm³/mol. The van der Waals surface area contributed by atoms with Crippen LogP contribution in [0.4, 0.5) is 4.79 Å². The van der Waals surface area contributed by atoms with E-state index in [0.29, 0.717) is 11.3 Å². The minimum Gasteiger partial charge on any atom is -0.436 e. The molecule has 2 aromatic rings. The Hall–Kier alpha value is -2.88. The molecule has 0 aliphatic carbocycles. The van der Waals surface area contributed by atoms with Crippen molar-refractivity contribution in [1.82, 2.24) is 4.90 Å². The Morgan fingerprint density at radius 2 is 1.60 bits per heavy atom. The zero-order valence-corrected chi connectivity index (χ0v) is 14.6. The summed E-state index contributed by atoms with van der Waals surface area (Å²) in [6, 6.07) is 18.4. The lowest BCUT2D eigenvalue weighted by molar-refractivity contribution is 0.0484. The Morgan fingerprint density at radius 3 is 2.16 bits per heavy atom. The van der Waals surface area contributed by atoms with Gasteiger partial charge in [0.15, 0.2) is 5.60 Å². The van der Waals surface area contributed by atoms with Gasteiger partial charge in [-0.25, -0.2) is 9.69 Å². The molecular formula is C21H21NO3. The molecule has 4 heteroatoms. The van der Waals surface area contributed by atoms with Gasteiger partial charge in [0.2, 0.25) is 0 Å². The van der Waals surface area contributed by atoms with Crippen LogP contribution in [0.25, 0.3) is 6.08 Å². The monoisotopic (exact) mass is 335 g/mol. The van der Waals surface area contributed by atoms with Gasteiger partial charge in [-0.3, -0.25) is 4.79 Å². The fourth-order valence-corrected chi connectivity index (χ4v) is 2.83. The third kappa shape index (κ3) is 3.07. The maximum atomic E-state index is 13.0. The smallest absolute Gasteiger partial charge is 0.422 e. The zero-order valence-electron chi connectivity index (χ0n) is 14.6. The van der Waals surface area contributed by atoms with Crippen LogP contribution < -0.4 is 0 Å². The molecule has 4 nitrogen and oxygen atoms in total. The Bertz CT molecular complexity index is 812. The van der Waals surface area contributed by atoms with Gasteiger partial charge in [0.25, 0.3) is 5.91 Å². The first-order chi connectivity index (χ1) is 11.9. The number of amides is 2. The average molecular weight is 335 g/mol. The maximum Gasteiger partial charge on any atom is 0.422 e. The van der Waals surface area contributed by atoms with Crippen molar-refractivity contribution in [2.24, 2.45) is 5.92 Å². The first-order valence-corrected chi connectivity index (χ1v) is 8.33. The molecule has 25 heavy (non-hydrogen) atoms. The van der Waals surface area contributed by atoms with Crippen LogP contribution in [0.3, 0.4) is 0 Å². The largest absolute Gasteiger partial charge is 0.436 e. The number of hydrogen-bond acceptors (Lipinski definition) is 3. The van der Waals surface area contributed by atoms with E-state index in [1.165, 1.54) is 0 Å². The SMILES string of the molecule is CC(C)C1(C)OC(=O)N(C(=O)c2ccccc2)/C1=C\c1ccccc1. The molecule has 0 aromatic heterocycles. The van der Waals surface area contributed by atoms with Gasteiger partial charge in [0, 0.05) is 5.56 Å². The van der Waals surface area contributed by atoms with Crippen LogP contribution in [-0.2, 0) is 4.74 Å². The fourth-order valence-electron chi connectivity index (χ4n) is 2.83. The van der Waals surface area contributed by atoms with Crippen LogP contribution in [0, 0.1) is 5.92 Å². The molecule has 0 bridgehead atoms. The highest BCUT2D eigenvalue weighted by molar-refractivity contribution is 6.06. The van der Waals surface area contributed by atoms with Gasteiger partial charge >= 0.3 is 6.09 Å². The Morgan fingerprint density at radius 1 is 1.04 bits per heavy atom. The van der Waals surface area contributed by atoms with Gasteiger partial charge in [-0.2, -0.15) is 0 Å². The quantitative estimate of drug-likeness (QED) is 0.814. The molecule has 2 aromatic carbocycles. The molecule has 3 rings (SSSR count). The molecule has 128 valence electrons. The number of carbonyl (C=O) groups is 2. The number of imide groups is 1. The van der Waals surface area contributed by atoms with Crippen LogP contribution in [-0.4, -0.2) is 22.5 Å². The summed E-state index contributed by atoms with van der Waals surface area (Å²) in [5, 5.41) is 0. The Labute approximate surface area is 147 Å². The second-order valence-electron chi connectivity index (χ2n) is 6.58. The van der Waals surface area contributed by atoms with Crippen molar-refractivity contribution in [2.45, 2.75) is 26.4 Å². The Kier molecular flexibility index (Phi) is 4.45. The Balaban J connectivity index is 2.10. The number of hydrogen-bond donors (Lipinski definition) is 0. The first-order valence-electron chi connectivity index (χ1n) is 8.33. The van der Waals surface area contributed by atoms with Crippen molar-refractivity contribution in [1.29, 1.82) is 0 Å².